The Bertz CT molecular complexity index is 279. The minimum atomic E-state index is -0.408. The lowest BCUT2D eigenvalue weighted by Crippen LogP contribution is -2.17. The molecule has 5 heteroatoms. The van der Waals surface area contributed by atoms with Gasteiger partial charge in [0.1, 0.15) is 0 Å². The van der Waals surface area contributed by atoms with Crippen LogP contribution in [-0.2, 0) is 0 Å². The van der Waals surface area contributed by atoms with E-state index < -0.39 is 5.82 Å². The molecule has 0 amide bonds. The van der Waals surface area contributed by atoms with Gasteiger partial charge in [-0.2, -0.15) is 11.8 Å². The Morgan fingerprint density at radius 2 is 2.13 bits per heavy atom. The third-order valence-electron chi connectivity index (χ3n) is 1.90. The standard InChI is InChI=1S/C10H16FN3S/c1-3-15-5-4-8(2)14-10-12-6-9(11)7-13-10/h6-8H,3-5H2,1-2H3,(H,12,13,14). The zero-order valence-corrected chi connectivity index (χ0v) is 9.85. The molecule has 3 nitrogen and oxygen atoms in total. The van der Waals surface area contributed by atoms with Crippen molar-refractivity contribution in [3.05, 3.63) is 18.2 Å². The second kappa shape index (κ2) is 6.61. The summed E-state index contributed by atoms with van der Waals surface area (Å²) in [5.41, 5.74) is 0. The van der Waals surface area contributed by atoms with E-state index in [1.54, 1.807) is 0 Å². The third-order valence-corrected chi connectivity index (χ3v) is 2.83. The fraction of sp³-hybridized carbons (Fsp3) is 0.600. The molecule has 1 unspecified atom stereocenters. The Hall–Kier alpha value is -0.840. The molecule has 1 heterocycles. The maximum atomic E-state index is 12.5. The Balaban J connectivity index is 2.31. The van der Waals surface area contributed by atoms with Crippen LogP contribution in [0.3, 0.4) is 0 Å². The second-order valence-electron chi connectivity index (χ2n) is 3.26. The Morgan fingerprint density at radius 3 is 2.73 bits per heavy atom. The maximum Gasteiger partial charge on any atom is 0.222 e. The topological polar surface area (TPSA) is 37.8 Å². The van der Waals surface area contributed by atoms with E-state index in [0.29, 0.717) is 12.0 Å². The highest BCUT2D eigenvalue weighted by molar-refractivity contribution is 7.99. The van der Waals surface area contributed by atoms with E-state index >= 15 is 0 Å². The van der Waals surface area contributed by atoms with Crippen molar-refractivity contribution >= 4 is 17.7 Å². The van der Waals surface area contributed by atoms with E-state index in [2.05, 4.69) is 29.1 Å². The first-order valence-corrected chi connectivity index (χ1v) is 6.19. The quantitative estimate of drug-likeness (QED) is 0.761. The molecule has 1 N–H and O–H groups in total. The molecular formula is C10H16FN3S. The van der Waals surface area contributed by atoms with Crippen molar-refractivity contribution in [2.75, 3.05) is 16.8 Å². The summed E-state index contributed by atoms with van der Waals surface area (Å²) in [6.07, 6.45) is 3.39. The van der Waals surface area contributed by atoms with E-state index in [1.165, 1.54) is 12.4 Å². The van der Waals surface area contributed by atoms with E-state index in [-0.39, 0.29) is 0 Å². The van der Waals surface area contributed by atoms with Crippen LogP contribution >= 0.6 is 11.8 Å². The van der Waals surface area contributed by atoms with Crippen LogP contribution in [0, 0.1) is 5.82 Å². The van der Waals surface area contributed by atoms with Crippen molar-refractivity contribution in [1.29, 1.82) is 0 Å². The lowest BCUT2D eigenvalue weighted by atomic mass is 10.3. The first-order valence-electron chi connectivity index (χ1n) is 5.04. The van der Waals surface area contributed by atoms with Gasteiger partial charge in [0.25, 0.3) is 0 Å². The van der Waals surface area contributed by atoms with Gasteiger partial charge in [-0.1, -0.05) is 6.92 Å². The number of aromatic nitrogens is 2. The first kappa shape index (κ1) is 12.2. The van der Waals surface area contributed by atoms with Gasteiger partial charge in [0, 0.05) is 6.04 Å². The molecule has 0 saturated carbocycles. The summed E-state index contributed by atoms with van der Waals surface area (Å²) in [6, 6.07) is 0.314. The first-order chi connectivity index (χ1) is 7.22. The normalized spacial score (nSPS) is 12.5. The zero-order chi connectivity index (χ0) is 11.1. The van der Waals surface area contributed by atoms with Gasteiger partial charge in [-0.05, 0) is 24.9 Å². The lowest BCUT2D eigenvalue weighted by Gasteiger charge is -2.12. The summed E-state index contributed by atoms with van der Waals surface area (Å²) >= 11 is 1.91. The Morgan fingerprint density at radius 1 is 1.47 bits per heavy atom. The SMILES string of the molecule is CCSCCC(C)Nc1ncc(F)cn1. The van der Waals surface area contributed by atoms with E-state index in [1.807, 2.05) is 11.8 Å². The molecule has 1 aromatic rings. The fourth-order valence-electron chi connectivity index (χ4n) is 1.08. The van der Waals surface area contributed by atoms with E-state index in [4.69, 9.17) is 0 Å². The van der Waals surface area contributed by atoms with Crippen molar-refractivity contribution in [3.8, 4) is 0 Å². The molecule has 0 spiro atoms. The molecule has 1 aromatic heterocycles. The highest BCUT2D eigenvalue weighted by Crippen LogP contribution is 2.07. The number of hydrogen-bond acceptors (Lipinski definition) is 4. The molecule has 0 aliphatic rings. The number of thioether (sulfide) groups is 1. The van der Waals surface area contributed by atoms with Crippen LogP contribution in [0.5, 0.6) is 0 Å². The lowest BCUT2D eigenvalue weighted by molar-refractivity contribution is 0.613. The number of hydrogen-bond donors (Lipinski definition) is 1. The zero-order valence-electron chi connectivity index (χ0n) is 9.03. The minimum Gasteiger partial charge on any atom is -0.352 e. The predicted molar refractivity (Wildman–Crippen MR) is 62.7 cm³/mol. The van der Waals surface area contributed by atoms with Crippen LogP contribution < -0.4 is 5.32 Å². The summed E-state index contributed by atoms with van der Waals surface area (Å²) in [4.78, 5) is 7.68. The maximum absolute atomic E-state index is 12.5. The van der Waals surface area contributed by atoms with Crippen LogP contribution in [-0.4, -0.2) is 27.5 Å². The van der Waals surface area contributed by atoms with Gasteiger partial charge in [-0.15, -0.1) is 0 Å². The van der Waals surface area contributed by atoms with Gasteiger partial charge in [0.2, 0.25) is 5.95 Å². The summed E-state index contributed by atoms with van der Waals surface area (Å²) < 4.78 is 12.5. The Kier molecular flexibility index (Phi) is 5.39. The van der Waals surface area contributed by atoms with Gasteiger partial charge >= 0.3 is 0 Å². The van der Waals surface area contributed by atoms with Gasteiger partial charge in [-0.25, -0.2) is 14.4 Å². The van der Waals surface area contributed by atoms with Crippen LogP contribution in [0.25, 0.3) is 0 Å². The number of nitrogens with zero attached hydrogens (tertiary/aromatic N) is 2. The molecule has 0 aliphatic heterocycles. The second-order valence-corrected chi connectivity index (χ2v) is 4.65. The average Bonchev–Trinajstić information content (AvgIpc) is 2.22. The summed E-state index contributed by atoms with van der Waals surface area (Å²) in [5.74, 6) is 2.34. The number of anilines is 1. The average molecular weight is 229 g/mol. The summed E-state index contributed by atoms with van der Waals surface area (Å²) in [5, 5.41) is 3.13. The van der Waals surface area contributed by atoms with Crippen LogP contribution in [0.15, 0.2) is 12.4 Å². The number of nitrogens with one attached hydrogen (secondary N) is 1. The molecule has 0 radical (unpaired) electrons. The minimum absolute atomic E-state index is 0.314. The van der Waals surface area contributed by atoms with Crippen molar-refractivity contribution in [2.24, 2.45) is 0 Å². The van der Waals surface area contributed by atoms with Crippen LogP contribution in [0.2, 0.25) is 0 Å². The number of rotatable bonds is 6. The summed E-state index contributed by atoms with van der Waals surface area (Å²) in [6.45, 7) is 4.22. The monoisotopic (exact) mass is 229 g/mol. The fourth-order valence-corrected chi connectivity index (χ4v) is 1.89. The van der Waals surface area contributed by atoms with E-state index in [9.17, 15) is 4.39 Å². The smallest absolute Gasteiger partial charge is 0.222 e. The number of halogens is 1. The molecule has 84 valence electrons. The van der Waals surface area contributed by atoms with Gasteiger partial charge < -0.3 is 5.32 Å². The van der Waals surface area contributed by atoms with Gasteiger partial charge in [0.15, 0.2) is 5.82 Å². The van der Waals surface area contributed by atoms with Crippen molar-refractivity contribution < 1.29 is 4.39 Å². The summed E-state index contributed by atoms with van der Waals surface area (Å²) in [7, 11) is 0. The molecule has 1 rings (SSSR count). The predicted octanol–water partition coefficient (Wildman–Crippen LogP) is 2.56. The molecule has 0 aliphatic carbocycles. The van der Waals surface area contributed by atoms with Crippen molar-refractivity contribution in [2.45, 2.75) is 26.3 Å². The molecule has 1 atom stereocenters. The molecule has 15 heavy (non-hydrogen) atoms. The molecule has 0 aromatic carbocycles. The van der Waals surface area contributed by atoms with Crippen LogP contribution in [0.4, 0.5) is 10.3 Å². The van der Waals surface area contributed by atoms with Crippen LogP contribution in [0.1, 0.15) is 20.3 Å². The molecular weight excluding hydrogens is 213 g/mol. The molecule has 0 fully saturated rings. The van der Waals surface area contributed by atoms with Crippen molar-refractivity contribution in [3.63, 3.8) is 0 Å². The molecule has 0 bridgehead atoms. The molecule has 0 saturated heterocycles. The highest BCUT2D eigenvalue weighted by Gasteiger charge is 2.03. The highest BCUT2D eigenvalue weighted by atomic mass is 32.2. The van der Waals surface area contributed by atoms with Crippen molar-refractivity contribution in [1.82, 2.24) is 9.97 Å². The largest absolute Gasteiger partial charge is 0.352 e. The third kappa shape index (κ3) is 4.97. The Labute approximate surface area is 93.9 Å². The van der Waals surface area contributed by atoms with Gasteiger partial charge in [0.05, 0.1) is 12.4 Å². The van der Waals surface area contributed by atoms with Gasteiger partial charge in [-0.3, -0.25) is 0 Å². The van der Waals surface area contributed by atoms with E-state index in [0.717, 1.165) is 17.9 Å².